The van der Waals surface area contributed by atoms with Crippen LogP contribution in [0.3, 0.4) is 0 Å². The van der Waals surface area contributed by atoms with Gasteiger partial charge in [-0.15, -0.1) is 0 Å². The topological polar surface area (TPSA) is 29.3 Å². The maximum absolute atomic E-state index is 6.20. The van der Waals surface area contributed by atoms with Crippen LogP contribution >= 0.6 is 11.6 Å². The monoisotopic (exact) mass is 240 g/mol. The lowest BCUT2D eigenvalue weighted by atomic mass is 10.0. The fraction of sp³-hybridized carbons (Fsp3) is 0.538. The minimum Gasteiger partial charge on any atom is -0.326 e. The zero-order chi connectivity index (χ0) is 12.0. The largest absolute Gasteiger partial charge is 0.326 e. The Kier molecular flexibility index (Phi) is 5.81. The molecule has 0 atom stereocenters. The maximum atomic E-state index is 6.20. The van der Waals surface area contributed by atoms with Crippen molar-refractivity contribution in [2.75, 3.05) is 19.6 Å². The molecular weight excluding hydrogens is 220 g/mol. The normalized spacial score (nSPS) is 11.1. The highest BCUT2D eigenvalue weighted by molar-refractivity contribution is 6.31. The van der Waals surface area contributed by atoms with Gasteiger partial charge >= 0.3 is 0 Å². The summed E-state index contributed by atoms with van der Waals surface area (Å²) in [6, 6.07) is 5.97. The van der Waals surface area contributed by atoms with E-state index in [-0.39, 0.29) is 0 Å². The predicted octanol–water partition coefficient (Wildman–Crippen LogP) is 2.68. The van der Waals surface area contributed by atoms with Crippen LogP contribution in [0.15, 0.2) is 18.2 Å². The van der Waals surface area contributed by atoms with E-state index in [1.165, 1.54) is 11.1 Å². The van der Waals surface area contributed by atoms with Gasteiger partial charge in [0.25, 0.3) is 0 Å². The molecule has 16 heavy (non-hydrogen) atoms. The van der Waals surface area contributed by atoms with E-state index in [4.69, 9.17) is 17.3 Å². The Hall–Kier alpha value is -0.570. The number of hydrogen-bond acceptors (Lipinski definition) is 2. The van der Waals surface area contributed by atoms with Crippen molar-refractivity contribution in [1.29, 1.82) is 0 Å². The third-order valence-corrected chi connectivity index (χ3v) is 3.36. The Bertz CT molecular complexity index is 322. The van der Waals surface area contributed by atoms with Crippen molar-refractivity contribution in [3.8, 4) is 0 Å². The van der Waals surface area contributed by atoms with Gasteiger partial charge in [-0.3, -0.25) is 0 Å². The molecule has 0 aliphatic carbocycles. The molecule has 2 nitrogen and oxygen atoms in total. The van der Waals surface area contributed by atoms with Crippen LogP contribution in [0, 0.1) is 0 Å². The van der Waals surface area contributed by atoms with Crippen molar-refractivity contribution < 1.29 is 0 Å². The van der Waals surface area contributed by atoms with Crippen molar-refractivity contribution in [1.82, 2.24) is 4.90 Å². The fourth-order valence-electron chi connectivity index (χ4n) is 1.88. The first-order valence-corrected chi connectivity index (χ1v) is 6.29. The van der Waals surface area contributed by atoms with Crippen molar-refractivity contribution in [3.63, 3.8) is 0 Å². The summed E-state index contributed by atoms with van der Waals surface area (Å²) in [5.74, 6) is 0. The van der Waals surface area contributed by atoms with Gasteiger partial charge in [-0.2, -0.15) is 0 Å². The maximum Gasteiger partial charge on any atom is 0.0441 e. The quantitative estimate of drug-likeness (QED) is 0.829. The average molecular weight is 241 g/mol. The molecule has 1 rings (SSSR count). The molecule has 90 valence electrons. The van der Waals surface area contributed by atoms with Crippen molar-refractivity contribution in [2.24, 2.45) is 5.73 Å². The highest BCUT2D eigenvalue weighted by Crippen LogP contribution is 2.20. The number of hydrogen-bond donors (Lipinski definition) is 1. The van der Waals surface area contributed by atoms with E-state index >= 15 is 0 Å². The Labute approximate surface area is 103 Å². The summed E-state index contributed by atoms with van der Waals surface area (Å²) in [7, 11) is 0. The van der Waals surface area contributed by atoms with Gasteiger partial charge in [0.05, 0.1) is 0 Å². The first-order valence-electron chi connectivity index (χ1n) is 5.91. The van der Waals surface area contributed by atoms with E-state index in [1.807, 2.05) is 12.1 Å². The molecule has 0 fully saturated rings. The number of rotatable bonds is 6. The standard InChI is InChI=1S/C13H21ClN2/c1-3-16(4-2)9-8-12-11(10-15)6-5-7-13(12)14/h5-7H,3-4,8-10,15H2,1-2H3. The number of nitrogens with two attached hydrogens (primary N) is 1. The van der Waals surface area contributed by atoms with Crippen LogP contribution in [0.1, 0.15) is 25.0 Å². The van der Waals surface area contributed by atoms with Crippen LogP contribution in [-0.2, 0) is 13.0 Å². The van der Waals surface area contributed by atoms with Crippen LogP contribution in [0.25, 0.3) is 0 Å². The summed E-state index contributed by atoms with van der Waals surface area (Å²) in [6.45, 7) is 8.13. The summed E-state index contributed by atoms with van der Waals surface area (Å²) in [5.41, 5.74) is 8.09. The smallest absolute Gasteiger partial charge is 0.0441 e. The van der Waals surface area contributed by atoms with Crippen LogP contribution < -0.4 is 5.73 Å². The second-order valence-corrected chi connectivity index (χ2v) is 4.27. The molecule has 0 unspecified atom stereocenters. The lowest BCUT2D eigenvalue weighted by Gasteiger charge is -2.19. The van der Waals surface area contributed by atoms with Crippen LogP contribution in [0.2, 0.25) is 5.02 Å². The minimum atomic E-state index is 0.564. The first-order chi connectivity index (χ1) is 7.72. The number of likely N-dealkylation sites (N-methyl/N-ethyl adjacent to an activating group) is 1. The molecule has 0 aliphatic rings. The molecule has 0 amide bonds. The lowest BCUT2D eigenvalue weighted by molar-refractivity contribution is 0.307. The molecule has 0 spiro atoms. The zero-order valence-corrected chi connectivity index (χ0v) is 10.9. The van der Waals surface area contributed by atoms with Crippen LogP contribution in [-0.4, -0.2) is 24.5 Å². The number of benzene rings is 1. The highest BCUT2D eigenvalue weighted by atomic mass is 35.5. The second-order valence-electron chi connectivity index (χ2n) is 3.86. The zero-order valence-electron chi connectivity index (χ0n) is 10.2. The lowest BCUT2D eigenvalue weighted by Crippen LogP contribution is -2.25. The molecule has 2 N–H and O–H groups in total. The van der Waals surface area contributed by atoms with E-state index in [9.17, 15) is 0 Å². The number of halogens is 1. The van der Waals surface area contributed by atoms with Gasteiger partial charge in [-0.05, 0) is 36.7 Å². The molecule has 0 heterocycles. The summed E-state index contributed by atoms with van der Waals surface area (Å²) in [4.78, 5) is 2.39. The Morgan fingerprint density at radius 1 is 1.25 bits per heavy atom. The third kappa shape index (κ3) is 3.48. The first kappa shape index (κ1) is 13.5. The molecule has 0 bridgehead atoms. The van der Waals surface area contributed by atoms with Crippen molar-refractivity contribution in [3.05, 3.63) is 34.3 Å². The highest BCUT2D eigenvalue weighted by Gasteiger charge is 2.07. The predicted molar refractivity (Wildman–Crippen MR) is 70.8 cm³/mol. The van der Waals surface area contributed by atoms with Gasteiger partial charge in [0.1, 0.15) is 0 Å². The van der Waals surface area contributed by atoms with E-state index < -0.39 is 0 Å². The molecular formula is C13H21ClN2. The fourth-order valence-corrected chi connectivity index (χ4v) is 2.17. The van der Waals surface area contributed by atoms with E-state index in [1.54, 1.807) is 0 Å². The molecule has 1 aromatic rings. The van der Waals surface area contributed by atoms with Crippen LogP contribution in [0.5, 0.6) is 0 Å². The van der Waals surface area contributed by atoms with Gasteiger partial charge in [0.2, 0.25) is 0 Å². The van der Waals surface area contributed by atoms with Crippen LogP contribution in [0.4, 0.5) is 0 Å². The summed E-state index contributed by atoms with van der Waals surface area (Å²) < 4.78 is 0. The molecule has 0 saturated heterocycles. The van der Waals surface area contributed by atoms with Gasteiger partial charge in [0, 0.05) is 18.1 Å². The van der Waals surface area contributed by atoms with Gasteiger partial charge in [-0.1, -0.05) is 37.6 Å². The van der Waals surface area contributed by atoms with Crippen molar-refractivity contribution in [2.45, 2.75) is 26.8 Å². The van der Waals surface area contributed by atoms with E-state index in [2.05, 4.69) is 24.8 Å². The Balaban J connectivity index is 2.72. The SMILES string of the molecule is CCN(CC)CCc1c(Cl)cccc1CN. The minimum absolute atomic E-state index is 0.564. The summed E-state index contributed by atoms with van der Waals surface area (Å²) >= 11 is 6.20. The second kappa shape index (κ2) is 6.89. The summed E-state index contributed by atoms with van der Waals surface area (Å²) in [6.07, 6.45) is 0.980. The number of nitrogens with zero attached hydrogens (tertiary/aromatic N) is 1. The molecule has 3 heteroatoms. The van der Waals surface area contributed by atoms with Crippen molar-refractivity contribution >= 4 is 11.6 Å². The molecule has 0 saturated carbocycles. The summed E-state index contributed by atoms with van der Waals surface area (Å²) in [5, 5.41) is 0.843. The third-order valence-electron chi connectivity index (χ3n) is 3.01. The van der Waals surface area contributed by atoms with Gasteiger partial charge in [-0.25, -0.2) is 0 Å². The van der Waals surface area contributed by atoms with Gasteiger partial charge in [0.15, 0.2) is 0 Å². The van der Waals surface area contributed by atoms with E-state index in [0.717, 1.165) is 31.1 Å². The van der Waals surface area contributed by atoms with E-state index in [0.29, 0.717) is 6.54 Å². The Morgan fingerprint density at radius 3 is 2.50 bits per heavy atom. The molecule has 0 radical (unpaired) electrons. The molecule has 1 aromatic carbocycles. The molecule has 0 aromatic heterocycles. The average Bonchev–Trinajstić information content (AvgIpc) is 2.31. The Morgan fingerprint density at radius 2 is 1.94 bits per heavy atom. The molecule has 0 aliphatic heterocycles. The van der Waals surface area contributed by atoms with Gasteiger partial charge < -0.3 is 10.6 Å².